The summed E-state index contributed by atoms with van der Waals surface area (Å²) < 4.78 is 94.7. The molecule has 0 N–H and O–H groups in total. The maximum Gasteiger partial charge on any atom is 0.387 e. The van der Waals surface area contributed by atoms with E-state index in [1.165, 1.54) is 56.8 Å². The van der Waals surface area contributed by atoms with Gasteiger partial charge in [-0.15, -0.1) is 0 Å². The zero-order valence-electron chi connectivity index (χ0n) is 23.9. The standard InChI is InChI=1S/C28H30F2N4O8S2/c1-38-25-9-10-31-23(26(25)39-2)18-43(35)28-32-22-17-20(42-27(29)30)5-8-24(22)34(28)44(36,37)21-6-3-19(4-7-21)41-16-13-33-11-14-40-15-12-33/h3-10,17,27H,11-16,18H2,1-2H3. The number of hydrogen-bond acceptors (Lipinski definition) is 11. The van der Waals surface area contributed by atoms with Crippen LogP contribution in [0.3, 0.4) is 0 Å². The van der Waals surface area contributed by atoms with Gasteiger partial charge in [0, 0.05) is 38.0 Å². The van der Waals surface area contributed by atoms with E-state index in [2.05, 4.69) is 19.6 Å². The van der Waals surface area contributed by atoms with E-state index < -0.39 is 27.4 Å². The number of fused-ring (bicyclic) bond motifs is 1. The highest BCUT2D eigenvalue weighted by molar-refractivity contribution is 7.91. The fraction of sp³-hybridized carbons (Fsp3) is 0.357. The maximum absolute atomic E-state index is 14.0. The summed E-state index contributed by atoms with van der Waals surface area (Å²) in [5.74, 6) is 0.528. The quantitative estimate of drug-likeness (QED) is 0.211. The van der Waals surface area contributed by atoms with Crippen LogP contribution in [0.1, 0.15) is 5.69 Å². The summed E-state index contributed by atoms with van der Waals surface area (Å²) in [5, 5.41) is -0.341. The van der Waals surface area contributed by atoms with Crippen LogP contribution in [0.15, 0.2) is 64.8 Å². The molecular formula is C28H30F2N4O8S2. The second kappa shape index (κ2) is 13.8. The minimum absolute atomic E-state index is 0.0105. The number of imidazole rings is 1. The zero-order chi connectivity index (χ0) is 31.3. The van der Waals surface area contributed by atoms with Gasteiger partial charge in [-0.1, -0.05) is 0 Å². The Morgan fingerprint density at radius 2 is 1.75 bits per heavy atom. The summed E-state index contributed by atoms with van der Waals surface area (Å²) in [4.78, 5) is 10.6. The smallest absolute Gasteiger partial charge is 0.387 e. The summed E-state index contributed by atoms with van der Waals surface area (Å²) in [6.07, 6.45) is 1.44. The Kier molecular flexibility index (Phi) is 9.93. The van der Waals surface area contributed by atoms with E-state index in [1.54, 1.807) is 6.07 Å². The van der Waals surface area contributed by atoms with Gasteiger partial charge in [-0.25, -0.2) is 17.4 Å². The minimum Gasteiger partial charge on any atom is -0.493 e. The Hall–Kier alpha value is -3.86. The van der Waals surface area contributed by atoms with E-state index >= 15 is 0 Å². The highest BCUT2D eigenvalue weighted by atomic mass is 32.2. The van der Waals surface area contributed by atoms with Gasteiger partial charge in [0.05, 0.1) is 65.6 Å². The van der Waals surface area contributed by atoms with Gasteiger partial charge < -0.3 is 23.7 Å². The molecule has 0 bridgehead atoms. The lowest BCUT2D eigenvalue weighted by Crippen LogP contribution is -2.38. The van der Waals surface area contributed by atoms with Crippen molar-refractivity contribution in [3.8, 4) is 23.0 Å². The molecule has 4 aromatic rings. The number of ether oxygens (including phenoxy) is 5. The number of pyridine rings is 1. The summed E-state index contributed by atoms with van der Waals surface area (Å²) in [6.45, 7) is 0.987. The van der Waals surface area contributed by atoms with E-state index in [0.29, 0.717) is 37.9 Å². The molecule has 16 heteroatoms. The first-order valence-corrected chi connectivity index (χ1v) is 16.2. The van der Waals surface area contributed by atoms with Gasteiger partial charge in [-0.3, -0.25) is 14.1 Å². The molecule has 2 aromatic carbocycles. The lowest BCUT2D eigenvalue weighted by atomic mass is 10.3. The highest BCUT2D eigenvalue weighted by Gasteiger charge is 2.29. The Morgan fingerprint density at radius 3 is 2.43 bits per heavy atom. The Balaban J connectivity index is 1.47. The van der Waals surface area contributed by atoms with E-state index in [-0.39, 0.29) is 44.0 Å². The average molecular weight is 653 g/mol. The normalized spacial score (nSPS) is 14.9. The van der Waals surface area contributed by atoms with Crippen molar-refractivity contribution in [1.29, 1.82) is 0 Å². The molecule has 12 nitrogen and oxygen atoms in total. The van der Waals surface area contributed by atoms with Gasteiger partial charge in [0.15, 0.2) is 11.5 Å². The SMILES string of the molecule is COc1ccnc(CS(=O)c2nc3cc(OC(F)F)ccc3n2S(=O)(=O)c2ccc(OCCN3CCOCC3)cc2)c1OC. The first-order valence-electron chi connectivity index (χ1n) is 13.4. The molecular weight excluding hydrogens is 622 g/mol. The van der Waals surface area contributed by atoms with Crippen LogP contribution < -0.4 is 18.9 Å². The molecule has 44 heavy (non-hydrogen) atoms. The zero-order valence-corrected chi connectivity index (χ0v) is 25.5. The van der Waals surface area contributed by atoms with Crippen molar-refractivity contribution in [2.75, 3.05) is 53.7 Å². The maximum atomic E-state index is 14.0. The fourth-order valence-corrected chi connectivity index (χ4v) is 7.60. The molecule has 1 aliphatic heterocycles. The summed E-state index contributed by atoms with van der Waals surface area (Å²) in [5.41, 5.74) is 0.247. The van der Waals surface area contributed by atoms with Gasteiger partial charge >= 0.3 is 6.61 Å². The van der Waals surface area contributed by atoms with Crippen molar-refractivity contribution < 1.29 is 45.1 Å². The number of methoxy groups -OCH3 is 2. The highest BCUT2D eigenvalue weighted by Crippen LogP contribution is 2.33. The Bertz CT molecular complexity index is 1730. The second-order valence-corrected chi connectivity index (χ2v) is 12.6. The van der Waals surface area contributed by atoms with Crippen molar-refractivity contribution in [1.82, 2.24) is 18.8 Å². The largest absolute Gasteiger partial charge is 0.493 e. The Labute approximate surface area is 255 Å². The second-order valence-electron chi connectivity index (χ2n) is 9.45. The van der Waals surface area contributed by atoms with Crippen LogP contribution >= 0.6 is 0 Å². The number of nitrogens with zero attached hydrogens (tertiary/aromatic N) is 4. The molecule has 1 aliphatic rings. The third kappa shape index (κ3) is 6.93. The molecule has 0 radical (unpaired) electrons. The summed E-state index contributed by atoms with van der Waals surface area (Å²) in [6, 6.07) is 11.0. The predicted molar refractivity (Wildman–Crippen MR) is 156 cm³/mol. The molecule has 0 aliphatic carbocycles. The average Bonchev–Trinajstić information content (AvgIpc) is 3.41. The molecule has 2 aromatic heterocycles. The topological polar surface area (TPSA) is 131 Å². The van der Waals surface area contributed by atoms with Crippen LogP contribution in [0.5, 0.6) is 23.0 Å². The van der Waals surface area contributed by atoms with Crippen LogP contribution in [0.2, 0.25) is 0 Å². The number of alkyl halides is 2. The van der Waals surface area contributed by atoms with Gasteiger partial charge in [0.25, 0.3) is 10.0 Å². The van der Waals surface area contributed by atoms with Crippen molar-refractivity contribution in [3.63, 3.8) is 0 Å². The molecule has 0 spiro atoms. The molecule has 0 saturated carbocycles. The van der Waals surface area contributed by atoms with Crippen molar-refractivity contribution in [2.24, 2.45) is 0 Å². The fourth-order valence-electron chi connectivity index (χ4n) is 4.64. The lowest BCUT2D eigenvalue weighted by Gasteiger charge is -2.26. The number of hydrogen-bond donors (Lipinski definition) is 0. The van der Waals surface area contributed by atoms with Crippen LogP contribution in [0.4, 0.5) is 8.78 Å². The third-order valence-electron chi connectivity index (χ3n) is 6.76. The number of rotatable bonds is 13. The lowest BCUT2D eigenvalue weighted by molar-refractivity contribution is -0.0497. The van der Waals surface area contributed by atoms with Crippen LogP contribution in [0.25, 0.3) is 11.0 Å². The number of aromatic nitrogens is 3. The van der Waals surface area contributed by atoms with E-state index in [0.717, 1.165) is 23.1 Å². The number of benzene rings is 2. The predicted octanol–water partition coefficient (Wildman–Crippen LogP) is 3.31. The molecule has 1 atom stereocenters. The van der Waals surface area contributed by atoms with Gasteiger partial charge in [0.1, 0.15) is 18.1 Å². The molecule has 5 rings (SSSR count). The minimum atomic E-state index is -4.39. The number of morpholine rings is 1. The van der Waals surface area contributed by atoms with Crippen molar-refractivity contribution >= 4 is 31.9 Å². The first kappa shape index (κ1) is 31.6. The van der Waals surface area contributed by atoms with Gasteiger partial charge in [-0.05, 0) is 36.4 Å². The van der Waals surface area contributed by atoms with Gasteiger partial charge in [0.2, 0.25) is 5.16 Å². The van der Waals surface area contributed by atoms with Crippen molar-refractivity contribution in [2.45, 2.75) is 22.4 Å². The molecule has 1 fully saturated rings. The van der Waals surface area contributed by atoms with E-state index in [4.69, 9.17) is 18.9 Å². The van der Waals surface area contributed by atoms with Crippen LogP contribution in [-0.2, 0) is 31.3 Å². The van der Waals surface area contributed by atoms with E-state index in [9.17, 15) is 21.4 Å². The molecule has 0 amide bonds. The monoisotopic (exact) mass is 652 g/mol. The Morgan fingerprint density at radius 1 is 1.02 bits per heavy atom. The number of halogens is 2. The van der Waals surface area contributed by atoms with Crippen LogP contribution in [-0.4, -0.2) is 91.8 Å². The van der Waals surface area contributed by atoms with Gasteiger partial charge in [-0.2, -0.15) is 8.78 Å². The first-order chi connectivity index (χ1) is 21.2. The van der Waals surface area contributed by atoms with Crippen LogP contribution in [0, 0.1) is 0 Å². The summed E-state index contributed by atoms with van der Waals surface area (Å²) in [7, 11) is -3.66. The third-order valence-corrected chi connectivity index (χ3v) is 9.81. The molecule has 1 saturated heterocycles. The molecule has 1 unspecified atom stereocenters. The summed E-state index contributed by atoms with van der Waals surface area (Å²) >= 11 is 0. The molecule has 236 valence electrons. The van der Waals surface area contributed by atoms with E-state index in [1.807, 2.05) is 0 Å². The van der Waals surface area contributed by atoms with Crippen molar-refractivity contribution in [3.05, 3.63) is 60.4 Å². The molecule has 3 heterocycles.